The van der Waals surface area contributed by atoms with Gasteiger partial charge in [0.15, 0.2) is 0 Å². The fourth-order valence-electron chi connectivity index (χ4n) is 4.15. The van der Waals surface area contributed by atoms with Crippen LogP contribution in [0.5, 0.6) is 0 Å². The van der Waals surface area contributed by atoms with E-state index in [-0.39, 0.29) is 17.8 Å². The van der Waals surface area contributed by atoms with Crippen molar-refractivity contribution in [1.29, 1.82) is 0 Å². The standard InChI is InChI=1S/C23H26O4/c1-2-3-10-15-27-23(26)21-18(16-11-6-4-7-12-16)20(22(24)25)19(21)17-13-8-5-9-14-17/h4-9,11-14,18-21H,2-3,10,15H2,1H3,(H,24,25)/t18-,19+,20?,21?. The van der Waals surface area contributed by atoms with Gasteiger partial charge in [-0.1, -0.05) is 80.4 Å². The zero-order valence-electron chi connectivity index (χ0n) is 15.6. The molecule has 2 aromatic rings. The summed E-state index contributed by atoms with van der Waals surface area (Å²) < 4.78 is 5.55. The molecular formula is C23H26O4. The van der Waals surface area contributed by atoms with E-state index in [1.807, 2.05) is 60.7 Å². The molecule has 1 N–H and O–H groups in total. The van der Waals surface area contributed by atoms with E-state index >= 15 is 0 Å². The van der Waals surface area contributed by atoms with Gasteiger partial charge in [-0.15, -0.1) is 0 Å². The topological polar surface area (TPSA) is 63.6 Å². The van der Waals surface area contributed by atoms with Gasteiger partial charge in [-0.05, 0) is 17.5 Å². The van der Waals surface area contributed by atoms with E-state index in [9.17, 15) is 14.7 Å². The number of aliphatic carboxylic acids is 1. The van der Waals surface area contributed by atoms with Crippen molar-refractivity contribution < 1.29 is 19.4 Å². The molecule has 0 amide bonds. The summed E-state index contributed by atoms with van der Waals surface area (Å²) in [5.74, 6) is -3.00. The largest absolute Gasteiger partial charge is 0.481 e. The van der Waals surface area contributed by atoms with Crippen LogP contribution in [0.1, 0.15) is 49.1 Å². The van der Waals surface area contributed by atoms with E-state index in [0.717, 1.165) is 30.4 Å². The predicted octanol–water partition coefficient (Wildman–Crippen LogP) is 4.62. The molecule has 1 saturated carbocycles. The third-order valence-electron chi connectivity index (χ3n) is 5.47. The van der Waals surface area contributed by atoms with E-state index in [2.05, 4.69) is 6.92 Å². The number of hydrogen-bond acceptors (Lipinski definition) is 3. The number of carboxylic acids is 1. The monoisotopic (exact) mass is 366 g/mol. The molecule has 0 radical (unpaired) electrons. The Labute approximate surface area is 160 Å². The maximum absolute atomic E-state index is 12.9. The molecule has 0 bridgehead atoms. The maximum Gasteiger partial charge on any atom is 0.310 e. The van der Waals surface area contributed by atoms with Crippen molar-refractivity contribution in [2.75, 3.05) is 6.61 Å². The van der Waals surface area contributed by atoms with Crippen LogP contribution in [0.25, 0.3) is 0 Å². The highest BCUT2D eigenvalue weighted by atomic mass is 16.5. The molecule has 0 heterocycles. The molecule has 0 aliphatic heterocycles. The molecule has 1 aliphatic carbocycles. The van der Waals surface area contributed by atoms with Crippen molar-refractivity contribution in [3.63, 3.8) is 0 Å². The predicted molar refractivity (Wildman–Crippen MR) is 103 cm³/mol. The first-order valence-electron chi connectivity index (χ1n) is 9.64. The van der Waals surface area contributed by atoms with Crippen LogP contribution in [0.4, 0.5) is 0 Å². The van der Waals surface area contributed by atoms with Crippen LogP contribution in [-0.2, 0) is 14.3 Å². The lowest BCUT2D eigenvalue weighted by Crippen LogP contribution is -2.51. The molecule has 2 unspecified atom stereocenters. The average Bonchev–Trinajstić information content (AvgIpc) is 2.66. The Morgan fingerprint density at radius 3 is 1.81 bits per heavy atom. The molecule has 2 aromatic carbocycles. The maximum atomic E-state index is 12.9. The van der Waals surface area contributed by atoms with Gasteiger partial charge in [0, 0.05) is 11.8 Å². The van der Waals surface area contributed by atoms with E-state index in [1.54, 1.807) is 0 Å². The summed E-state index contributed by atoms with van der Waals surface area (Å²) in [7, 11) is 0. The Kier molecular flexibility index (Phi) is 6.28. The molecule has 0 aromatic heterocycles. The Morgan fingerprint density at radius 1 is 0.852 bits per heavy atom. The van der Waals surface area contributed by atoms with Crippen molar-refractivity contribution >= 4 is 11.9 Å². The van der Waals surface area contributed by atoms with E-state index < -0.39 is 17.8 Å². The molecule has 4 heteroatoms. The summed E-state index contributed by atoms with van der Waals surface area (Å²) >= 11 is 0. The summed E-state index contributed by atoms with van der Waals surface area (Å²) in [6, 6.07) is 18.9. The van der Waals surface area contributed by atoms with Crippen LogP contribution in [0.3, 0.4) is 0 Å². The van der Waals surface area contributed by atoms with Crippen molar-refractivity contribution in [1.82, 2.24) is 0 Å². The van der Waals surface area contributed by atoms with Crippen LogP contribution < -0.4 is 0 Å². The second-order valence-electron chi connectivity index (χ2n) is 7.14. The Morgan fingerprint density at radius 2 is 1.37 bits per heavy atom. The van der Waals surface area contributed by atoms with Crippen LogP contribution >= 0.6 is 0 Å². The molecule has 27 heavy (non-hydrogen) atoms. The number of carboxylic acid groups (broad SMARTS) is 1. The number of esters is 1. The Balaban J connectivity index is 1.90. The van der Waals surface area contributed by atoms with Crippen molar-refractivity contribution in [2.45, 2.75) is 38.0 Å². The normalized spacial score (nSPS) is 24.0. The number of rotatable bonds is 8. The summed E-state index contributed by atoms with van der Waals surface area (Å²) in [6.45, 7) is 2.49. The highest BCUT2D eigenvalue weighted by Crippen LogP contribution is 2.58. The van der Waals surface area contributed by atoms with Crippen LogP contribution in [0, 0.1) is 11.8 Å². The summed E-state index contributed by atoms with van der Waals surface area (Å²) in [6.07, 6.45) is 2.91. The fourth-order valence-corrected chi connectivity index (χ4v) is 4.15. The molecule has 1 fully saturated rings. The number of carbonyl (C=O) groups excluding carboxylic acids is 1. The number of benzene rings is 2. The van der Waals surface area contributed by atoms with Gasteiger partial charge in [0.25, 0.3) is 0 Å². The Bertz CT molecular complexity index is 709. The zero-order valence-corrected chi connectivity index (χ0v) is 15.6. The van der Waals surface area contributed by atoms with Gasteiger partial charge < -0.3 is 9.84 Å². The first-order valence-corrected chi connectivity index (χ1v) is 9.64. The molecule has 4 nitrogen and oxygen atoms in total. The highest BCUT2D eigenvalue weighted by molar-refractivity contribution is 5.84. The van der Waals surface area contributed by atoms with Crippen molar-refractivity contribution in [3.8, 4) is 0 Å². The van der Waals surface area contributed by atoms with Gasteiger partial charge in [-0.25, -0.2) is 0 Å². The molecule has 142 valence electrons. The lowest BCUT2D eigenvalue weighted by molar-refractivity contribution is -0.164. The van der Waals surface area contributed by atoms with Gasteiger partial charge >= 0.3 is 11.9 Å². The van der Waals surface area contributed by atoms with Gasteiger partial charge in [0.2, 0.25) is 0 Å². The lowest BCUT2D eigenvalue weighted by atomic mass is 9.52. The summed E-state index contributed by atoms with van der Waals surface area (Å²) in [4.78, 5) is 25.0. The summed E-state index contributed by atoms with van der Waals surface area (Å²) in [5, 5.41) is 9.89. The second-order valence-corrected chi connectivity index (χ2v) is 7.14. The third kappa shape index (κ3) is 4.05. The fraction of sp³-hybridized carbons (Fsp3) is 0.391. The summed E-state index contributed by atoms with van der Waals surface area (Å²) in [5.41, 5.74) is 1.76. The minimum atomic E-state index is -0.868. The van der Waals surface area contributed by atoms with Gasteiger partial charge in [-0.2, -0.15) is 0 Å². The second kappa shape index (κ2) is 8.85. The van der Waals surface area contributed by atoms with Crippen molar-refractivity contribution in [2.24, 2.45) is 11.8 Å². The SMILES string of the molecule is CCCCCOC(=O)C1[C@H](c2ccccc2)C(C(=O)O)[C@@H]1c1ccccc1. The van der Waals surface area contributed by atoms with Gasteiger partial charge in [-0.3, -0.25) is 9.59 Å². The third-order valence-corrected chi connectivity index (χ3v) is 5.47. The van der Waals surface area contributed by atoms with E-state index in [4.69, 9.17) is 4.74 Å². The lowest BCUT2D eigenvalue weighted by Gasteiger charge is -2.49. The van der Waals surface area contributed by atoms with Crippen molar-refractivity contribution in [3.05, 3.63) is 71.8 Å². The minimum absolute atomic E-state index is 0.286. The molecule has 1 aliphatic rings. The average molecular weight is 366 g/mol. The van der Waals surface area contributed by atoms with Gasteiger partial charge in [0.05, 0.1) is 18.4 Å². The number of hydrogen-bond donors (Lipinski definition) is 1. The van der Waals surface area contributed by atoms with E-state index in [0.29, 0.717) is 6.61 Å². The quantitative estimate of drug-likeness (QED) is 0.547. The molecule has 4 atom stereocenters. The Hall–Kier alpha value is -2.62. The highest BCUT2D eigenvalue weighted by Gasteiger charge is 2.59. The minimum Gasteiger partial charge on any atom is -0.481 e. The molecular weight excluding hydrogens is 340 g/mol. The van der Waals surface area contributed by atoms with Gasteiger partial charge in [0.1, 0.15) is 0 Å². The number of ether oxygens (including phenoxy) is 1. The number of unbranched alkanes of at least 4 members (excludes halogenated alkanes) is 2. The first kappa shape index (κ1) is 19.2. The van der Waals surface area contributed by atoms with Crippen LogP contribution in [0.2, 0.25) is 0 Å². The van der Waals surface area contributed by atoms with Crippen LogP contribution in [-0.4, -0.2) is 23.7 Å². The molecule has 0 saturated heterocycles. The molecule has 0 spiro atoms. The smallest absolute Gasteiger partial charge is 0.310 e. The zero-order chi connectivity index (χ0) is 19.2. The number of carbonyl (C=O) groups is 2. The first-order chi connectivity index (χ1) is 13.1. The van der Waals surface area contributed by atoms with E-state index in [1.165, 1.54) is 0 Å². The van der Waals surface area contributed by atoms with Crippen LogP contribution in [0.15, 0.2) is 60.7 Å². The molecule has 3 rings (SSSR count).